The molecule has 0 aliphatic carbocycles. The van der Waals surface area contributed by atoms with Crippen molar-refractivity contribution in [2.45, 2.75) is 38.7 Å². The summed E-state index contributed by atoms with van der Waals surface area (Å²) in [6, 6.07) is 10.3. The van der Waals surface area contributed by atoms with E-state index in [0.717, 1.165) is 25.7 Å². The molecule has 0 spiro atoms. The van der Waals surface area contributed by atoms with Crippen LogP contribution < -0.4 is 0 Å². The Morgan fingerprint density at radius 2 is 2.00 bits per heavy atom. The second kappa shape index (κ2) is 6.88. The van der Waals surface area contributed by atoms with Gasteiger partial charge < -0.3 is 9.84 Å². The van der Waals surface area contributed by atoms with E-state index in [0.29, 0.717) is 0 Å². The highest BCUT2D eigenvalue weighted by Gasteiger charge is 2.06. The van der Waals surface area contributed by atoms with Crippen molar-refractivity contribution in [1.29, 1.82) is 0 Å². The van der Waals surface area contributed by atoms with Crippen LogP contribution in [0.1, 0.15) is 31.7 Å². The van der Waals surface area contributed by atoms with Gasteiger partial charge in [0.2, 0.25) is 0 Å². The first-order valence-electron chi connectivity index (χ1n) is 5.62. The molecule has 88 valence electrons. The number of rotatable bonds is 6. The third-order valence-corrected chi connectivity index (χ3v) is 2.47. The lowest BCUT2D eigenvalue weighted by molar-refractivity contribution is 0.0548. The van der Waals surface area contributed by atoms with Crippen molar-refractivity contribution in [3.8, 4) is 0 Å². The molecule has 0 amide bonds. The summed E-state index contributed by atoms with van der Waals surface area (Å²) in [5.41, 5.74) is 1.33. The predicted molar refractivity (Wildman–Crippen MR) is 62.6 cm³/mol. The second-order valence-electron chi connectivity index (χ2n) is 3.93. The van der Waals surface area contributed by atoms with Crippen LogP contribution in [0.5, 0.6) is 0 Å². The summed E-state index contributed by atoms with van der Waals surface area (Å²) in [6.45, 7) is 1.79. The molecular weight excluding hydrogens is 204 g/mol. The molecular formula is C13H18O3. The maximum Gasteiger partial charge on any atom is 0.506 e. The number of carboxylic acid groups (broad SMARTS) is 1. The molecule has 3 nitrogen and oxygen atoms in total. The van der Waals surface area contributed by atoms with Crippen molar-refractivity contribution in [2.24, 2.45) is 0 Å². The Kier molecular flexibility index (Phi) is 5.40. The molecule has 0 heterocycles. The maximum atomic E-state index is 10.2. The lowest BCUT2D eigenvalue weighted by Gasteiger charge is -2.09. The van der Waals surface area contributed by atoms with Gasteiger partial charge in [0.05, 0.1) is 0 Å². The van der Waals surface area contributed by atoms with Crippen molar-refractivity contribution >= 4 is 6.16 Å². The van der Waals surface area contributed by atoms with E-state index in [1.165, 1.54) is 5.56 Å². The molecule has 3 heteroatoms. The van der Waals surface area contributed by atoms with Gasteiger partial charge in [-0.25, -0.2) is 4.79 Å². The highest BCUT2D eigenvalue weighted by Crippen LogP contribution is 2.09. The molecule has 0 bridgehead atoms. The summed E-state index contributed by atoms with van der Waals surface area (Å²) in [4.78, 5) is 10.2. The minimum Gasteiger partial charge on any atom is -0.450 e. The number of benzene rings is 1. The predicted octanol–water partition coefficient (Wildman–Crippen LogP) is 3.48. The van der Waals surface area contributed by atoms with E-state index in [2.05, 4.69) is 16.9 Å². The maximum absolute atomic E-state index is 10.2. The molecule has 1 aromatic rings. The van der Waals surface area contributed by atoms with Crippen molar-refractivity contribution in [3.05, 3.63) is 35.9 Å². The van der Waals surface area contributed by atoms with Gasteiger partial charge in [-0.1, -0.05) is 30.3 Å². The quantitative estimate of drug-likeness (QED) is 0.592. The Morgan fingerprint density at radius 1 is 1.31 bits per heavy atom. The van der Waals surface area contributed by atoms with Gasteiger partial charge in [-0.3, -0.25) is 0 Å². The molecule has 0 aliphatic rings. The highest BCUT2D eigenvalue weighted by molar-refractivity contribution is 5.56. The normalized spacial score (nSPS) is 12.1. The van der Waals surface area contributed by atoms with Gasteiger partial charge in [-0.05, 0) is 38.2 Å². The van der Waals surface area contributed by atoms with Crippen LogP contribution in [-0.2, 0) is 11.2 Å². The van der Waals surface area contributed by atoms with Gasteiger partial charge in [0, 0.05) is 0 Å². The molecule has 0 saturated heterocycles. The zero-order valence-corrected chi connectivity index (χ0v) is 9.56. The Hall–Kier alpha value is -1.51. The van der Waals surface area contributed by atoms with Crippen molar-refractivity contribution in [3.63, 3.8) is 0 Å². The molecule has 1 atom stereocenters. The second-order valence-corrected chi connectivity index (χ2v) is 3.93. The molecule has 1 unspecified atom stereocenters. The fourth-order valence-electron chi connectivity index (χ4n) is 1.64. The first kappa shape index (κ1) is 12.6. The molecule has 0 fully saturated rings. The third kappa shape index (κ3) is 5.39. The fourth-order valence-corrected chi connectivity index (χ4v) is 1.64. The van der Waals surface area contributed by atoms with Crippen LogP contribution in [0.25, 0.3) is 0 Å². The van der Waals surface area contributed by atoms with Crippen LogP contribution in [0, 0.1) is 0 Å². The smallest absolute Gasteiger partial charge is 0.450 e. The molecule has 0 aromatic heterocycles. The molecule has 1 N–H and O–H groups in total. The van der Waals surface area contributed by atoms with Crippen LogP contribution in [0.3, 0.4) is 0 Å². The minimum absolute atomic E-state index is 0.201. The highest BCUT2D eigenvalue weighted by atomic mass is 16.7. The molecule has 0 radical (unpaired) electrons. The summed E-state index contributed by atoms with van der Waals surface area (Å²) in [7, 11) is 0. The van der Waals surface area contributed by atoms with Crippen molar-refractivity contribution < 1.29 is 14.6 Å². The number of aryl methyl sites for hydroxylation is 1. The summed E-state index contributed by atoms with van der Waals surface area (Å²) in [5, 5.41) is 8.40. The van der Waals surface area contributed by atoms with Gasteiger partial charge in [0.1, 0.15) is 6.10 Å². The largest absolute Gasteiger partial charge is 0.506 e. The van der Waals surface area contributed by atoms with E-state index in [1.54, 1.807) is 6.92 Å². The lowest BCUT2D eigenvalue weighted by atomic mass is 10.1. The molecule has 1 aromatic carbocycles. The van der Waals surface area contributed by atoms with Gasteiger partial charge in [-0.2, -0.15) is 0 Å². The van der Waals surface area contributed by atoms with Crippen LogP contribution in [0.2, 0.25) is 0 Å². The topological polar surface area (TPSA) is 46.5 Å². The van der Waals surface area contributed by atoms with E-state index in [-0.39, 0.29) is 6.10 Å². The lowest BCUT2D eigenvalue weighted by Crippen LogP contribution is -2.12. The monoisotopic (exact) mass is 222 g/mol. The summed E-state index contributed by atoms with van der Waals surface area (Å²) in [5.74, 6) is 0. The Bertz CT molecular complexity index is 308. The van der Waals surface area contributed by atoms with Gasteiger partial charge >= 0.3 is 6.16 Å². The van der Waals surface area contributed by atoms with Crippen LogP contribution >= 0.6 is 0 Å². The standard InChI is InChI=1S/C13H18O3/c1-11(16-13(14)15)7-5-6-10-12-8-3-2-4-9-12/h2-4,8-9,11H,5-7,10H2,1H3,(H,14,15). The number of hydrogen-bond acceptors (Lipinski definition) is 2. The number of unbranched alkanes of at least 4 members (excludes halogenated alkanes) is 1. The van der Waals surface area contributed by atoms with E-state index in [4.69, 9.17) is 5.11 Å². The summed E-state index contributed by atoms with van der Waals surface area (Å²) in [6.07, 6.45) is 2.50. The van der Waals surface area contributed by atoms with Crippen LogP contribution in [0.4, 0.5) is 4.79 Å². The van der Waals surface area contributed by atoms with Gasteiger partial charge in [0.15, 0.2) is 0 Å². The number of ether oxygens (including phenoxy) is 1. The zero-order valence-electron chi connectivity index (χ0n) is 9.56. The molecule has 0 saturated carbocycles. The van der Waals surface area contributed by atoms with Crippen LogP contribution in [0.15, 0.2) is 30.3 Å². The average molecular weight is 222 g/mol. The van der Waals surface area contributed by atoms with Crippen molar-refractivity contribution in [2.75, 3.05) is 0 Å². The van der Waals surface area contributed by atoms with E-state index < -0.39 is 6.16 Å². The number of carbonyl (C=O) groups is 1. The summed E-state index contributed by atoms with van der Waals surface area (Å²) >= 11 is 0. The molecule has 16 heavy (non-hydrogen) atoms. The Balaban J connectivity index is 2.10. The Morgan fingerprint density at radius 3 is 2.62 bits per heavy atom. The van der Waals surface area contributed by atoms with E-state index in [9.17, 15) is 4.79 Å². The first-order chi connectivity index (χ1) is 7.68. The number of hydrogen-bond donors (Lipinski definition) is 1. The zero-order chi connectivity index (χ0) is 11.8. The Labute approximate surface area is 96.1 Å². The average Bonchev–Trinajstić information content (AvgIpc) is 2.25. The van der Waals surface area contributed by atoms with E-state index in [1.807, 2.05) is 18.2 Å². The van der Waals surface area contributed by atoms with Crippen molar-refractivity contribution in [1.82, 2.24) is 0 Å². The molecule has 1 rings (SSSR count). The molecule has 0 aliphatic heterocycles. The minimum atomic E-state index is -1.18. The van der Waals surface area contributed by atoms with Crippen LogP contribution in [-0.4, -0.2) is 17.4 Å². The first-order valence-corrected chi connectivity index (χ1v) is 5.62. The fraction of sp³-hybridized carbons (Fsp3) is 0.462. The van der Waals surface area contributed by atoms with Gasteiger partial charge in [-0.15, -0.1) is 0 Å². The van der Waals surface area contributed by atoms with Gasteiger partial charge in [0.25, 0.3) is 0 Å². The SMILES string of the molecule is CC(CCCCc1ccccc1)OC(=O)O. The summed E-state index contributed by atoms with van der Waals surface area (Å²) < 4.78 is 4.62. The van der Waals surface area contributed by atoms with E-state index >= 15 is 0 Å². The third-order valence-electron chi connectivity index (χ3n) is 2.47.